The van der Waals surface area contributed by atoms with Crippen molar-refractivity contribution in [2.75, 3.05) is 13.7 Å². The molecule has 0 saturated heterocycles. The van der Waals surface area contributed by atoms with Crippen LogP contribution in [0.5, 0.6) is 5.75 Å². The largest absolute Gasteiger partial charge is 0.497 e. The molecule has 4 heteroatoms. The Labute approximate surface area is 132 Å². The molecule has 2 rings (SSSR count). The number of aryl methyl sites for hydroxylation is 1. The summed E-state index contributed by atoms with van der Waals surface area (Å²) in [4.78, 5) is 3.96. The third-order valence-corrected chi connectivity index (χ3v) is 3.78. The lowest BCUT2D eigenvalue weighted by Crippen LogP contribution is -2.30. The van der Waals surface area contributed by atoms with Crippen LogP contribution in [0.4, 0.5) is 0 Å². The lowest BCUT2D eigenvalue weighted by atomic mass is 10.1. The number of pyridine rings is 1. The second-order valence-corrected chi connectivity index (χ2v) is 5.49. The molecular weight excluding hydrogens is 276 g/mol. The zero-order valence-electron chi connectivity index (χ0n) is 13.2. The van der Waals surface area contributed by atoms with Crippen molar-refractivity contribution < 1.29 is 9.84 Å². The number of benzene rings is 1. The number of aliphatic hydroxyl groups is 1. The van der Waals surface area contributed by atoms with E-state index in [0.717, 1.165) is 24.2 Å². The molecule has 0 aliphatic heterocycles. The Bertz CT molecular complexity index is 543. The minimum atomic E-state index is -0.494. The van der Waals surface area contributed by atoms with E-state index in [2.05, 4.69) is 29.4 Å². The molecule has 0 amide bonds. The van der Waals surface area contributed by atoms with Gasteiger partial charge in [0.2, 0.25) is 0 Å². The normalized spacial score (nSPS) is 13.6. The fourth-order valence-electron chi connectivity index (χ4n) is 2.29. The van der Waals surface area contributed by atoms with Gasteiger partial charge in [-0.3, -0.25) is 4.98 Å². The monoisotopic (exact) mass is 300 g/mol. The topological polar surface area (TPSA) is 54.4 Å². The molecule has 22 heavy (non-hydrogen) atoms. The summed E-state index contributed by atoms with van der Waals surface area (Å²) in [5.41, 5.74) is 2.19. The molecule has 2 aromatic rings. The average molecular weight is 300 g/mol. The molecule has 0 spiro atoms. The fraction of sp³-hybridized carbons (Fsp3) is 0.389. The van der Waals surface area contributed by atoms with Crippen LogP contribution in [0.25, 0.3) is 0 Å². The number of ether oxygens (including phenoxy) is 1. The predicted molar refractivity (Wildman–Crippen MR) is 88.0 cm³/mol. The fourth-order valence-corrected chi connectivity index (χ4v) is 2.29. The van der Waals surface area contributed by atoms with Gasteiger partial charge in [-0.15, -0.1) is 0 Å². The van der Waals surface area contributed by atoms with Gasteiger partial charge < -0.3 is 15.2 Å². The van der Waals surface area contributed by atoms with Crippen molar-refractivity contribution in [2.24, 2.45) is 0 Å². The van der Waals surface area contributed by atoms with Crippen molar-refractivity contribution in [1.29, 1.82) is 0 Å². The summed E-state index contributed by atoms with van der Waals surface area (Å²) in [6.07, 6.45) is 4.93. The maximum Gasteiger partial charge on any atom is 0.118 e. The Balaban J connectivity index is 1.72. The Kier molecular flexibility index (Phi) is 6.37. The maximum absolute atomic E-state index is 10.1. The van der Waals surface area contributed by atoms with Crippen LogP contribution in [-0.2, 0) is 6.42 Å². The SMILES string of the molecule is COc1ccc(CCC(C)NCC(O)c2ccncc2)cc1. The van der Waals surface area contributed by atoms with Crippen molar-refractivity contribution in [2.45, 2.75) is 31.9 Å². The predicted octanol–water partition coefficient (Wildman–Crippen LogP) is 2.73. The van der Waals surface area contributed by atoms with E-state index in [9.17, 15) is 5.11 Å². The van der Waals surface area contributed by atoms with E-state index >= 15 is 0 Å². The van der Waals surface area contributed by atoms with Gasteiger partial charge in [0, 0.05) is 25.0 Å². The first-order valence-electron chi connectivity index (χ1n) is 7.63. The molecule has 1 aromatic heterocycles. The molecule has 0 aliphatic carbocycles. The minimum absolute atomic E-state index is 0.346. The summed E-state index contributed by atoms with van der Waals surface area (Å²) in [6, 6.07) is 12.2. The van der Waals surface area contributed by atoms with E-state index in [4.69, 9.17) is 4.74 Å². The summed E-state index contributed by atoms with van der Waals surface area (Å²) in [5.74, 6) is 0.885. The highest BCUT2D eigenvalue weighted by atomic mass is 16.5. The number of nitrogens with zero attached hydrogens (tertiary/aromatic N) is 1. The van der Waals surface area contributed by atoms with E-state index in [0.29, 0.717) is 12.6 Å². The van der Waals surface area contributed by atoms with E-state index < -0.39 is 6.10 Å². The van der Waals surface area contributed by atoms with Gasteiger partial charge in [-0.05, 0) is 55.2 Å². The van der Waals surface area contributed by atoms with Crippen molar-refractivity contribution in [3.05, 3.63) is 59.9 Å². The first kappa shape index (κ1) is 16.5. The Morgan fingerprint density at radius 3 is 2.45 bits per heavy atom. The average Bonchev–Trinajstić information content (AvgIpc) is 2.59. The highest BCUT2D eigenvalue weighted by molar-refractivity contribution is 5.27. The Morgan fingerprint density at radius 2 is 1.82 bits per heavy atom. The highest BCUT2D eigenvalue weighted by Gasteiger charge is 2.09. The van der Waals surface area contributed by atoms with Gasteiger partial charge in [0.05, 0.1) is 13.2 Å². The summed E-state index contributed by atoms with van der Waals surface area (Å²) in [6.45, 7) is 2.69. The Hall–Kier alpha value is -1.91. The lowest BCUT2D eigenvalue weighted by molar-refractivity contribution is 0.170. The van der Waals surface area contributed by atoms with Crippen molar-refractivity contribution in [3.63, 3.8) is 0 Å². The second kappa shape index (κ2) is 8.51. The molecule has 0 fully saturated rings. The number of nitrogens with one attached hydrogen (secondary N) is 1. The van der Waals surface area contributed by atoms with Crippen LogP contribution in [0.2, 0.25) is 0 Å². The summed E-state index contributed by atoms with van der Waals surface area (Å²) >= 11 is 0. The van der Waals surface area contributed by atoms with E-state index in [1.165, 1.54) is 5.56 Å². The van der Waals surface area contributed by atoms with Gasteiger partial charge in [-0.1, -0.05) is 12.1 Å². The van der Waals surface area contributed by atoms with Crippen LogP contribution in [0.3, 0.4) is 0 Å². The third kappa shape index (κ3) is 5.13. The van der Waals surface area contributed by atoms with Gasteiger partial charge >= 0.3 is 0 Å². The van der Waals surface area contributed by atoms with Crippen LogP contribution < -0.4 is 10.1 Å². The van der Waals surface area contributed by atoms with Gasteiger partial charge in [-0.2, -0.15) is 0 Å². The number of hydrogen-bond acceptors (Lipinski definition) is 4. The minimum Gasteiger partial charge on any atom is -0.497 e. The van der Waals surface area contributed by atoms with Crippen LogP contribution in [-0.4, -0.2) is 29.8 Å². The Morgan fingerprint density at radius 1 is 1.14 bits per heavy atom. The van der Waals surface area contributed by atoms with E-state index in [1.807, 2.05) is 24.3 Å². The molecule has 2 N–H and O–H groups in total. The highest BCUT2D eigenvalue weighted by Crippen LogP contribution is 2.14. The number of aliphatic hydroxyl groups excluding tert-OH is 1. The van der Waals surface area contributed by atoms with E-state index in [1.54, 1.807) is 19.5 Å². The van der Waals surface area contributed by atoms with Crippen LogP contribution in [0, 0.1) is 0 Å². The molecular formula is C18H24N2O2. The molecule has 0 bridgehead atoms. The molecule has 1 aromatic carbocycles. The summed E-state index contributed by atoms with van der Waals surface area (Å²) in [5, 5.41) is 13.5. The van der Waals surface area contributed by atoms with Crippen LogP contribution >= 0.6 is 0 Å². The molecule has 2 atom stereocenters. The third-order valence-electron chi connectivity index (χ3n) is 3.78. The molecule has 1 heterocycles. The van der Waals surface area contributed by atoms with Crippen molar-refractivity contribution in [1.82, 2.24) is 10.3 Å². The number of rotatable bonds is 8. The zero-order chi connectivity index (χ0) is 15.8. The number of methoxy groups -OCH3 is 1. The molecule has 0 radical (unpaired) electrons. The van der Waals surface area contributed by atoms with Gasteiger partial charge in [0.25, 0.3) is 0 Å². The zero-order valence-corrected chi connectivity index (χ0v) is 13.2. The number of aromatic nitrogens is 1. The molecule has 4 nitrogen and oxygen atoms in total. The van der Waals surface area contributed by atoms with E-state index in [-0.39, 0.29) is 0 Å². The second-order valence-electron chi connectivity index (χ2n) is 5.49. The smallest absolute Gasteiger partial charge is 0.118 e. The molecule has 0 saturated carbocycles. The summed E-state index contributed by atoms with van der Waals surface area (Å²) < 4.78 is 5.16. The standard InChI is InChI=1S/C18H24N2O2/c1-14(3-4-15-5-7-17(22-2)8-6-15)20-13-18(21)16-9-11-19-12-10-16/h5-12,14,18,20-21H,3-4,13H2,1-2H3. The van der Waals surface area contributed by atoms with Gasteiger partial charge in [-0.25, -0.2) is 0 Å². The number of hydrogen-bond donors (Lipinski definition) is 2. The van der Waals surface area contributed by atoms with Gasteiger partial charge in [0.1, 0.15) is 5.75 Å². The van der Waals surface area contributed by atoms with Crippen LogP contribution in [0.15, 0.2) is 48.8 Å². The first-order valence-corrected chi connectivity index (χ1v) is 7.63. The van der Waals surface area contributed by atoms with Gasteiger partial charge in [0.15, 0.2) is 0 Å². The summed E-state index contributed by atoms with van der Waals surface area (Å²) in [7, 11) is 1.68. The molecule has 118 valence electrons. The first-order chi connectivity index (χ1) is 10.7. The molecule has 2 unspecified atom stereocenters. The lowest BCUT2D eigenvalue weighted by Gasteiger charge is -2.17. The molecule has 0 aliphatic rings. The van der Waals surface area contributed by atoms with Crippen molar-refractivity contribution in [3.8, 4) is 5.75 Å². The van der Waals surface area contributed by atoms with Crippen LogP contribution in [0.1, 0.15) is 30.6 Å². The maximum atomic E-state index is 10.1. The quantitative estimate of drug-likeness (QED) is 0.787. The van der Waals surface area contributed by atoms with Crippen molar-refractivity contribution >= 4 is 0 Å².